The van der Waals surface area contributed by atoms with E-state index in [4.69, 9.17) is 17.3 Å². The maximum absolute atomic E-state index is 13.6. The van der Waals surface area contributed by atoms with E-state index in [0.29, 0.717) is 22.2 Å². The number of rotatable bonds is 2. The second-order valence-corrected chi connectivity index (χ2v) is 5.29. The number of aromatic nitrogens is 2. The van der Waals surface area contributed by atoms with Crippen LogP contribution in [0.15, 0.2) is 18.2 Å². The highest BCUT2D eigenvalue weighted by Gasteiger charge is 2.12. The Morgan fingerprint density at radius 3 is 2.72 bits per heavy atom. The molecule has 0 amide bonds. The van der Waals surface area contributed by atoms with Crippen LogP contribution in [0.4, 0.5) is 10.2 Å². The van der Waals surface area contributed by atoms with Gasteiger partial charge in [0.2, 0.25) is 0 Å². The maximum Gasteiger partial charge on any atom is 0.140 e. The van der Waals surface area contributed by atoms with Crippen LogP contribution < -0.4 is 5.73 Å². The lowest BCUT2D eigenvalue weighted by atomic mass is 10.1. The third-order valence-corrected chi connectivity index (χ3v) is 4.17. The van der Waals surface area contributed by atoms with E-state index in [1.807, 2.05) is 6.92 Å². The van der Waals surface area contributed by atoms with Gasteiger partial charge in [-0.15, -0.1) is 0 Å². The van der Waals surface area contributed by atoms with Crippen LogP contribution in [0.1, 0.15) is 17.1 Å². The Balaban J connectivity index is 2.41. The molecule has 0 saturated heterocycles. The Morgan fingerprint density at radius 2 is 2.11 bits per heavy atom. The molecule has 2 rings (SSSR count). The summed E-state index contributed by atoms with van der Waals surface area (Å²) in [7, 11) is 0. The third-order valence-electron chi connectivity index (χ3n) is 2.49. The van der Waals surface area contributed by atoms with Crippen molar-refractivity contribution < 1.29 is 4.39 Å². The van der Waals surface area contributed by atoms with Gasteiger partial charge in [0, 0.05) is 17.0 Å². The van der Waals surface area contributed by atoms with Crippen LogP contribution in [-0.4, -0.2) is 9.97 Å². The Labute approximate surface area is 123 Å². The number of aryl methyl sites for hydroxylation is 1. The highest BCUT2D eigenvalue weighted by atomic mass is 127. The summed E-state index contributed by atoms with van der Waals surface area (Å²) in [4.78, 5) is 8.43. The predicted molar refractivity (Wildman–Crippen MR) is 78.1 cm³/mol. The van der Waals surface area contributed by atoms with Gasteiger partial charge in [0.1, 0.15) is 17.5 Å². The average Bonchev–Trinajstić information content (AvgIpc) is 2.31. The fraction of sp³-hybridized carbons (Fsp3) is 0.167. The first-order chi connectivity index (χ1) is 8.49. The molecular formula is C12H10ClFIN3. The highest BCUT2D eigenvalue weighted by Crippen LogP contribution is 2.22. The quantitative estimate of drug-likeness (QED) is 0.817. The number of nitrogen functional groups attached to an aromatic ring is 1. The van der Waals surface area contributed by atoms with Crippen molar-refractivity contribution in [2.45, 2.75) is 13.3 Å². The van der Waals surface area contributed by atoms with Crippen molar-refractivity contribution >= 4 is 40.0 Å². The van der Waals surface area contributed by atoms with E-state index in [1.54, 1.807) is 12.1 Å². The summed E-state index contributed by atoms with van der Waals surface area (Å²) in [6.07, 6.45) is 0.230. The molecule has 3 nitrogen and oxygen atoms in total. The third kappa shape index (κ3) is 2.72. The summed E-state index contributed by atoms with van der Waals surface area (Å²) in [6, 6.07) is 4.57. The smallest absolute Gasteiger partial charge is 0.140 e. The van der Waals surface area contributed by atoms with Crippen molar-refractivity contribution in [1.82, 2.24) is 9.97 Å². The van der Waals surface area contributed by atoms with Crippen LogP contribution in [0.2, 0.25) is 5.02 Å². The van der Waals surface area contributed by atoms with Crippen LogP contribution in [0.25, 0.3) is 0 Å². The van der Waals surface area contributed by atoms with Crippen molar-refractivity contribution in [1.29, 1.82) is 0 Å². The maximum atomic E-state index is 13.6. The lowest BCUT2D eigenvalue weighted by molar-refractivity contribution is 0.612. The molecule has 1 aromatic heterocycles. The molecule has 0 aliphatic heterocycles. The molecule has 2 aromatic rings. The van der Waals surface area contributed by atoms with Crippen LogP contribution in [-0.2, 0) is 6.42 Å². The molecule has 0 saturated carbocycles. The highest BCUT2D eigenvalue weighted by molar-refractivity contribution is 14.1. The largest absolute Gasteiger partial charge is 0.383 e. The van der Waals surface area contributed by atoms with Crippen LogP contribution in [0.3, 0.4) is 0 Å². The normalized spacial score (nSPS) is 10.7. The van der Waals surface area contributed by atoms with Gasteiger partial charge < -0.3 is 5.73 Å². The first kappa shape index (κ1) is 13.5. The molecule has 0 aliphatic carbocycles. The first-order valence-corrected chi connectivity index (χ1v) is 6.66. The Bertz CT molecular complexity index is 561. The van der Waals surface area contributed by atoms with Crippen molar-refractivity contribution in [3.05, 3.63) is 49.7 Å². The van der Waals surface area contributed by atoms with Gasteiger partial charge in [-0.25, -0.2) is 14.4 Å². The van der Waals surface area contributed by atoms with E-state index in [-0.39, 0.29) is 12.2 Å². The van der Waals surface area contributed by atoms with E-state index in [9.17, 15) is 4.39 Å². The summed E-state index contributed by atoms with van der Waals surface area (Å²) < 4.78 is 14.5. The first-order valence-electron chi connectivity index (χ1n) is 5.20. The number of hydrogen-bond donors (Lipinski definition) is 1. The summed E-state index contributed by atoms with van der Waals surface area (Å²) in [5.41, 5.74) is 6.94. The van der Waals surface area contributed by atoms with Gasteiger partial charge in [0.25, 0.3) is 0 Å². The number of anilines is 1. The second kappa shape index (κ2) is 5.36. The van der Waals surface area contributed by atoms with Crippen LogP contribution in [0, 0.1) is 16.3 Å². The fourth-order valence-electron chi connectivity index (χ4n) is 1.58. The lowest BCUT2D eigenvalue weighted by Crippen LogP contribution is -2.06. The van der Waals surface area contributed by atoms with Crippen molar-refractivity contribution in [3.63, 3.8) is 0 Å². The topological polar surface area (TPSA) is 51.8 Å². The zero-order valence-electron chi connectivity index (χ0n) is 9.54. The molecule has 2 N–H and O–H groups in total. The van der Waals surface area contributed by atoms with E-state index in [1.165, 1.54) is 6.07 Å². The molecule has 1 heterocycles. The molecule has 0 spiro atoms. The summed E-state index contributed by atoms with van der Waals surface area (Å²) in [5.74, 6) is 0.517. The monoisotopic (exact) mass is 377 g/mol. The van der Waals surface area contributed by atoms with Gasteiger partial charge in [0.05, 0.1) is 9.26 Å². The average molecular weight is 378 g/mol. The van der Waals surface area contributed by atoms with Gasteiger partial charge in [-0.2, -0.15) is 0 Å². The van der Waals surface area contributed by atoms with Gasteiger partial charge in [0.15, 0.2) is 0 Å². The summed E-state index contributed by atoms with van der Waals surface area (Å²) in [6.45, 7) is 1.84. The summed E-state index contributed by atoms with van der Waals surface area (Å²) in [5, 5.41) is 0.369. The molecule has 0 bridgehead atoms. The zero-order chi connectivity index (χ0) is 13.3. The minimum Gasteiger partial charge on any atom is -0.383 e. The fourth-order valence-corrected chi connectivity index (χ4v) is 2.05. The minimum absolute atomic E-state index is 0.230. The standard InChI is InChI=1S/C12H10ClFIN3/c1-6-11(15)12(16)18-10(17-6)5-7-8(13)3-2-4-9(7)14/h2-4H,5H2,1H3,(H2,16,17,18). The van der Waals surface area contributed by atoms with E-state index >= 15 is 0 Å². The molecule has 0 fully saturated rings. The Hall–Kier alpha value is -0.950. The van der Waals surface area contributed by atoms with Gasteiger partial charge >= 0.3 is 0 Å². The Kier molecular flexibility index (Phi) is 4.01. The lowest BCUT2D eigenvalue weighted by Gasteiger charge is -2.08. The van der Waals surface area contributed by atoms with Crippen molar-refractivity contribution in [2.24, 2.45) is 0 Å². The minimum atomic E-state index is -0.360. The Morgan fingerprint density at radius 1 is 1.39 bits per heavy atom. The van der Waals surface area contributed by atoms with Crippen LogP contribution >= 0.6 is 34.2 Å². The van der Waals surface area contributed by atoms with Crippen LogP contribution in [0.5, 0.6) is 0 Å². The molecule has 0 radical (unpaired) electrons. The number of benzene rings is 1. The molecule has 0 atom stereocenters. The van der Waals surface area contributed by atoms with Crippen molar-refractivity contribution in [3.8, 4) is 0 Å². The molecule has 1 aromatic carbocycles. The second-order valence-electron chi connectivity index (χ2n) is 3.80. The van der Waals surface area contributed by atoms with Gasteiger partial charge in [-0.3, -0.25) is 0 Å². The molecule has 18 heavy (non-hydrogen) atoms. The molecule has 0 unspecified atom stereocenters. The molecule has 0 aliphatic rings. The van der Waals surface area contributed by atoms with E-state index < -0.39 is 0 Å². The van der Waals surface area contributed by atoms with Gasteiger partial charge in [-0.05, 0) is 41.6 Å². The SMILES string of the molecule is Cc1nc(Cc2c(F)cccc2Cl)nc(N)c1I. The molecule has 94 valence electrons. The predicted octanol–water partition coefficient (Wildman–Crippen LogP) is 3.36. The van der Waals surface area contributed by atoms with E-state index in [0.717, 1.165) is 9.26 Å². The molecular weight excluding hydrogens is 368 g/mol. The van der Waals surface area contributed by atoms with Crippen molar-refractivity contribution in [2.75, 3.05) is 5.73 Å². The number of halogens is 3. The number of hydrogen-bond acceptors (Lipinski definition) is 3. The number of nitrogens with zero attached hydrogens (tertiary/aromatic N) is 2. The molecule has 6 heteroatoms. The van der Waals surface area contributed by atoms with E-state index in [2.05, 4.69) is 32.6 Å². The summed E-state index contributed by atoms with van der Waals surface area (Å²) >= 11 is 8.04. The zero-order valence-corrected chi connectivity index (χ0v) is 12.5. The number of nitrogens with two attached hydrogens (primary N) is 1. The van der Waals surface area contributed by atoms with Gasteiger partial charge in [-0.1, -0.05) is 17.7 Å².